The Labute approximate surface area is 100 Å². The lowest BCUT2D eigenvalue weighted by Gasteiger charge is -2.38. The Morgan fingerprint density at radius 3 is 2.31 bits per heavy atom. The first kappa shape index (κ1) is 11.1. The van der Waals surface area contributed by atoms with E-state index in [4.69, 9.17) is 0 Å². The van der Waals surface area contributed by atoms with Crippen LogP contribution in [0.3, 0.4) is 0 Å². The van der Waals surface area contributed by atoms with Gasteiger partial charge >= 0.3 is 0 Å². The van der Waals surface area contributed by atoms with Gasteiger partial charge in [-0.25, -0.2) is 0 Å². The van der Waals surface area contributed by atoms with Gasteiger partial charge in [-0.05, 0) is 62.8 Å². The van der Waals surface area contributed by atoms with Gasteiger partial charge in [-0.1, -0.05) is 25.7 Å². The molecule has 3 fully saturated rings. The standard InChI is InChI=1S/C15H27N/c1-16-15(12-5-3-2-4-6-12)14-10-11-7-8-13(14)9-11/h11-16H,2-10H2,1H3. The number of hydrogen-bond acceptors (Lipinski definition) is 1. The largest absolute Gasteiger partial charge is 0.316 e. The Balaban J connectivity index is 1.65. The van der Waals surface area contributed by atoms with Gasteiger partial charge in [0.1, 0.15) is 0 Å². The quantitative estimate of drug-likeness (QED) is 0.768. The van der Waals surface area contributed by atoms with Crippen molar-refractivity contribution < 1.29 is 0 Å². The van der Waals surface area contributed by atoms with Crippen LogP contribution in [0.4, 0.5) is 0 Å². The highest BCUT2D eigenvalue weighted by molar-refractivity contribution is 4.97. The third kappa shape index (κ3) is 1.92. The summed E-state index contributed by atoms with van der Waals surface area (Å²) in [5.41, 5.74) is 0. The first-order valence-electron chi connectivity index (χ1n) is 7.55. The monoisotopic (exact) mass is 221 g/mol. The molecule has 3 aliphatic carbocycles. The van der Waals surface area contributed by atoms with Gasteiger partial charge in [0.2, 0.25) is 0 Å². The zero-order valence-electron chi connectivity index (χ0n) is 10.8. The zero-order chi connectivity index (χ0) is 11.0. The summed E-state index contributed by atoms with van der Waals surface area (Å²) < 4.78 is 0. The molecule has 0 saturated heterocycles. The van der Waals surface area contributed by atoms with E-state index in [2.05, 4.69) is 12.4 Å². The van der Waals surface area contributed by atoms with Crippen LogP contribution < -0.4 is 5.32 Å². The maximum atomic E-state index is 3.70. The third-order valence-corrected chi connectivity index (χ3v) is 5.75. The molecule has 0 heterocycles. The van der Waals surface area contributed by atoms with E-state index in [-0.39, 0.29) is 0 Å². The Morgan fingerprint density at radius 2 is 1.75 bits per heavy atom. The van der Waals surface area contributed by atoms with Crippen molar-refractivity contribution in [1.29, 1.82) is 0 Å². The van der Waals surface area contributed by atoms with Crippen LogP contribution in [0.1, 0.15) is 57.8 Å². The highest BCUT2D eigenvalue weighted by atomic mass is 14.9. The Kier molecular flexibility index (Phi) is 3.24. The highest BCUT2D eigenvalue weighted by Gasteiger charge is 2.44. The van der Waals surface area contributed by atoms with Crippen LogP contribution in [0.25, 0.3) is 0 Å². The first-order chi connectivity index (χ1) is 7.88. The van der Waals surface area contributed by atoms with E-state index >= 15 is 0 Å². The summed E-state index contributed by atoms with van der Waals surface area (Å²) in [5.74, 6) is 4.23. The molecular weight excluding hydrogens is 194 g/mol. The zero-order valence-corrected chi connectivity index (χ0v) is 10.8. The molecule has 1 nitrogen and oxygen atoms in total. The molecule has 16 heavy (non-hydrogen) atoms. The van der Waals surface area contributed by atoms with Crippen LogP contribution in [0.2, 0.25) is 0 Å². The summed E-state index contributed by atoms with van der Waals surface area (Å²) in [6.45, 7) is 0. The fourth-order valence-electron chi connectivity index (χ4n) is 5.03. The average molecular weight is 221 g/mol. The van der Waals surface area contributed by atoms with Gasteiger partial charge in [-0.3, -0.25) is 0 Å². The summed E-state index contributed by atoms with van der Waals surface area (Å²) >= 11 is 0. The van der Waals surface area contributed by atoms with E-state index in [1.165, 1.54) is 32.1 Å². The van der Waals surface area contributed by atoms with Gasteiger partial charge in [0, 0.05) is 6.04 Å². The Hall–Kier alpha value is -0.0400. The Morgan fingerprint density at radius 1 is 0.938 bits per heavy atom. The normalized spacial score (nSPS) is 41.4. The number of hydrogen-bond donors (Lipinski definition) is 1. The van der Waals surface area contributed by atoms with Crippen molar-refractivity contribution in [3.05, 3.63) is 0 Å². The summed E-state index contributed by atoms with van der Waals surface area (Å²) in [5, 5.41) is 3.70. The van der Waals surface area contributed by atoms with E-state index in [0.717, 1.165) is 29.7 Å². The molecule has 92 valence electrons. The molecule has 3 saturated carbocycles. The molecule has 4 unspecified atom stereocenters. The first-order valence-corrected chi connectivity index (χ1v) is 7.55. The molecule has 0 aliphatic heterocycles. The van der Waals surface area contributed by atoms with Crippen molar-refractivity contribution in [2.75, 3.05) is 7.05 Å². The molecule has 0 aromatic rings. The predicted octanol–water partition coefficient (Wildman–Crippen LogP) is 3.59. The van der Waals surface area contributed by atoms with Crippen molar-refractivity contribution in [2.45, 2.75) is 63.8 Å². The minimum absolute atomic E-state index is 0.857. The van der Waals surface area contributed by atoms with E-state index in [1.807, 2.05) is 0 Å². The molecule has 0 aromatic carbocycles. The number of fused-ring (bicyclic) bond motifs is 2. The number of nitrogens with one attached hydrogen (secondary N) is 1. The van der Waals surface area contributed by atoms with E-state index < -0.39 is 0 Å². The van der Waals surface area contributed by atoms with Crippen LogP contribution in [0, 0.1) is 23.7 Å². The molecule has 0 radical (unpaired) electrons. The highest BCUT2D eigenvalue weighted by Crippen LogP contribution is 2.51. The van der Waals surface area contributed by atoms with Crippen LogP contribution in [0.5, 0.6) is 0 Å². The van der Waals surface area contributed by atoms with Gasteiger partial charge in [0.05, 0.1) is 0 Å². The third-order valence-electron chi connectivity index (χ3n) is 5.75. The lowest BCUT2D eigenvalue weighted by molar-refractivity contribution is 0.167. The second kappa shape index (κ2) is 4.68. The maximum Gasteiger partial charge on any atom is 0.0123 e. The van der Waals surface area contributed by atoms with Crippen molar-refractivity contribution in [2.24, 2.45) is 23.7 Å². The van der Waals surface area contributed by atoms with Gasteiger partial charge in [-0.2, -0.15) is 0 Å². The van der Waals surface area contributed by atoms with Crippen molar-refractivity contribution in [3.63, 3.8) is 0 Å². The van der Waals surface area contributed by atoms with Crippen LogP contribution in [0.15, 0.2) is 0 Å². The average Bonchev–Trinajstić information content (AvgIpc) is 2.94. The molecule has 0 amide bonds. The van der Waals surface area contributed by atoms with Crippen molar-refractivity contribution in [1.82, 2.24) is 5.32 Å². The molecule has 3 aliphatic rings. The summed E-state index contributed by atoms with van der Waals surface area (Å²) in [7, 11) is 2.21. The molecule has 3 rings (SSSR count). The van der Waals surface area contributed by atoms with Crippen molar-refractivity contribution in [3.8, 4) is 0 Å². The summed E-state index contributed by atoms with van der Waals surface area (Å²) in [4.78, 5) is 0. The lowest BCUT2D eigenvalue weighted by atomic mass is 9.73. The molecule has 4 atom stereocenters. The SMILES string of the molecule is CNC(C1CCCCC1)C1CC2CCC1C2. The summed E-state index contributed by atoms with van der Waals surface area (Å²) in [6.07, 6.45) is 13.7. The Bertz CT molecular complexity index is 232. The number of rotatable bonds is 3. The molecule has 1 heteroatoms. The fourth-order valence-corrected chi connectivity index (χ4v) is 5.03. The minimum atomic E-state index is 0.857. The second-order valence-corrected chi connectivity index (χ2v) is 6.55. The topological polar surface area (TPSA) is 12.0 Å². The van der Waals surface area contributed by atoms with Crippen LogP contribution in [-0.4, -0.2) is 13.1 Å². The fraction of sp³-hybridized carbons (Fsp3) is 1.00. The second-order valence-electron chi connectivity index (χ2n) is 6.55. The lowest BCUT2D eigenvalue weighted by Crippen LogP contribution is -2.43. The predicted molar refractivity (Wildman–Crippen MR) is 68.4 cm³/mol. The maximum absolute atomic E-state index is 3.70. The van der Waals surface area contributed by atoms with E-state index in [9.17, 15) is 0 Å². The molecule has 1 N–H and O–H groups in total. The smallest absolute Gasteiger partial charge is 0.0123 e. The van der Waals surface area contributed by atoms with Gasteiger partial charge in [0.15, 0.2) is 0 Å². The van der Waals surface area contributed by atoms with Crippen LogP contribution >= 0.6 is 0 Å². The van der Waals surface area contributed by atoms with Crippen molar-refractivity contribution >= 4 is 0 Å². The van der Waals surface area contributed by atoms with Gasteiger partial charge < -0.3 is 5.32 Å². The minimum Gasteiger partial charge on any atom is -0.316 e. The van der Waals surface area contributed by atoms with Crippen LogP contribution in [-0.2, 0) is 0 Å². The summed E-state index contributed by atoms with van der Waals surface area (Å²) in [6, 6.07) is 0.857. The van der Waals surface area contributed by atoms with Gasteiger partial charge in [-0.15, -0.1) is 0 Å². The molecule has 0 aromatic heterocycles. The van der Waals surface area contributed by atoms with E-state index in [0.29, 0.717) is 0 Å². The molecular formula is C15H27N. The molecule has 2 bridgehead atoms. The van der Waals surface area contributed by atoms with Gasteiger partial charge in [0.25, 0.3) is 0 Å². The van der Waals surface area contributed by atoms with E-state index in [1.54, 1.807) is 25.7 Å². The molecule has 0 spiro atoms.